The number of aromatic nitrogens is 1. The molecule has 1 saturated heterocycles. The Hall–Kier alpha value is -2.31. The molecule has 2 heterocycles. The normalized spacial score (nSPS) is 15.1. The van der Waals surface area contributed by atoms with Gasteiger partial charge in [0.1, 0.15) is 0 Å². The summed E-state index contributed by atoms with van der Waals surface area (Å²) in [6.07, 6.45) is 0. The molecule has 3 rings (SSSR count). The third-order valence-electron chi connectivity index (χ3n) is 4.55. The van der Waals surface area contributed by atoms with Crippen molar-refractivity contribution in [2.24, 2.45) is 0 Å². The lowest BCUT2D eigenvalue weighted by Gasteiger charge is -2.34. The lowest BCUT2D eigenvalue weighted by atomic mass is 10.1. The smallest absolute Gasteiger partial charge is 0.321 e. The number of hydrogen-bond donors (Lipinski definition) is 2. The predicted octanol–water partition coefficient (Wildman–Crippen LogP) is 3.32. The summed E-state index contributed by atoms with van der Waals surface area (Å²) in [5.74, 6) is 0.115. The molecular formula is C19H23ClN4O2. The Bertz CT molecular complexity index is 810. The van der Waals surface area contributed by atoms with Crippen LogP contribution in [0.5, 0.6) is 0 Å². The molecule has 138 valence electrons. The first-order chi connectivity index (χ1) is 12.4. The van der Waals surface area contributed by atoms with Gasteiger partial charge in [0.15, 0.2) is 5.78 Å². The van der Waals surface area contributed by atoms with Crippen molar-refractivity contribution in [1.29, 1.82) is 0 Å². The monoisotopic (exact) mass is 374 g/mol. The van der Waals surface area contributed by atoms with E-state index in [1.165, 1.54) is 0 Å². The van der Waals surface area contributed by atoms with Crippen molar-refractivity contribution in [3.63, 3.8) is 0 Å². The van der Waals surface area contributed by atoms with Crippen LogP contribution in [0.1, 0.15) is 21.7 Å². The summed E-state index contributed by atoms with van der Waals surface area (Å²) >= 11 is 5.94. The summed E-state index contributed by atoms with van der Waals surface area (Å²) in [4.78, 5) is 31.8. The Morgan fingerprint density at radius 1 is 1.15 bits per heavy atom. The minimum Gasteiger partial charge on any atom is -0.362 e. The predicted molar refractivity (Wildman–Crippen MR) is 103 cm³/mol. The van der Waals surface area contributed by atoms with E-state index in [1.807, 2.05) is 19.9 Å². The van der Waals surface area contributed by atoms with E-state index in [0.717, 1.165) is 17.0 Å². The molecule has 1 aromatic carbocycles. The second-order valence-electron chi connectivity index (χ2n) is 6.62. The third kappa shape index (κ3) is 4.45. The molecule has 1 aliphatic heterocycles. The minimum absolute atomic E-state index is 0.115. The number of nitrogens with one attached hydrogen (secondary N) is 2. The van der Waals surface area contributed by atoms with Crippen LogP contribution >= 0.6 is 11.6 Å². The van der Waals surface area contributed by atoms with Gasteiger partial charge >= 0.3 is 6.03 Å². The molecule has 1 aromatic heterocycles. The molecular weight excluding hydrogens is 352 g/mol. The van der Waals surface area contributed by atoms with E-state index in [9.17, 15) is 9.59 Å². The number of aryl methyl sites for hydroxylation is 2. The van der Waals surface area contributed by atoms with Crippen LogP contribution in [0.25, 0.3) is 0 Å². The Labute approximate surface area is 158 Å². The van der Waals surface area contributed by atoms with Crippen LogP contribution in [-0.4, -0.2) is 59.3 Å². The molecule has 0 bridgehead atoms. The molecule has 1 aliphatic rings. The molecule has 0 aliphatic carbocycles. The average Bonchev–Trinajstić information content (AvgIpc) is 2.94. The van der Waals surface area contributed by atoms with Crippen molar-refractivity contribution >= 4 is 29.1 Å². The molecule has 0 spiro atoms. The molecule has 0 unspecified atom stereocenters. The number of Topliss-reactive ketones (excluding diaryl/α,β-unsaturated/α-hetero) is 1. The van der Waals surface area contributed by atoms with Crippen molar-refractivity contribution < 1.29 is 9.59 Å². The van der Waals surface area contributed by atoms with Gasteiger partial charge < -0.3 is 15.2 Å². The Morgan fingerprint density at radius 3 is 2.50 bits per heavy atom. The van der Waals surface area contributed by atoms with Crippen LogP contribution in [0.15, 0.2) is 30.3 Å². The van der Waals surface area contributed by atoms with Crippen molar-refractivity contribution in [3.05, 3.63) is 52.3 Å². The SMILES string of the molecule is Cc1cc(C(=O)CN2CCN(C(=O)Nc3cccc(Cl)c3)CC2)c(C)[nH]1. The van der Waals surface area contributed by atoms with Gasteiger partial charge in [-0.3, -0.25) is 9.69 Å². The topological polar surface area (TPSA) is 68.4 Å². The fourth-order valence-corrected chi connectivity index (χ4v) is 3.37. The van der Waals surface area contributed by atoms with E-state index < -0.39 is 0 Å². The van der Waals surface area contributed by atoms with Gasteiger partial charge in [-0.2, -0.15) is 0 Å². The molecule has 0 atom stereocenters. The van der Waals surface area contributed by atoms with Crippen LogP contribution in [0.4, 0.5) is 10.5 Å². The zero-order valence-corrected chi connectivity index (χ0v) is 15.8. The lowest BCUT2D eigenvalue weighted by Crippen LogP contribution is -2.51. The number of piperazine rings is 1. The molecule has 0 saturated carbocycles. The highest BCUT2D eigenvalue weighted by Crippen LogP contribution is 2.16. The number of carbonyl (C=O) groups excluding carboxylic acids is 2. The third-order valence-corrected chi connectivity index (χ3v) is 4.79. The number of rotatable bonds is 4. The van der Waals surface area contributed by atoms with Crippen LogP contribution in [-0.2, 0) is 0 Å². The first kappa shape index (κ1) is 18.5. The first-order valence-corrected chi connectivity index (χ1v) is 9.03. The van der Waals surface area contributed by atoms with Crippen molar-refractivity contribution in [1.82, 2.24) is 14.8 Å². The molecule has 26 heavy (non-hydrogen) atoms. The number of anilines is 1. The van der Waals surface area contributed by atoms with Crippen LogP contribution in [0, 0.1) is 13.8 Å². The average molecular weight is 375 g/mol. The van der Waals surface area contributed by atoms with Gasteiger partial charge in [0, 0.05) is 53.8 Å². The Morgan fingerprint density at radius 2 is 1.88 bits per heavy atom. The highest BCUT2D eigenvalue weighted by Gasteiger charge is 2.23. The van der Waals surface area contributed by atoms with Crippen LogP contribution < -0.4 is 5.32 Å². The van der Waals surface area contributed by atoms with E-state index in [-0.39, 0.29) is 11.8 Å². The maximum Gasteiger partial charge on any atom is 0.321 e. The van der Waals surface area contributed by atoms with Crippen molar-refractivity contribution in [2.45, 2.75) is 13.8 Å². The first-order valence-electron chi connectivity index (χ1n) is 8.65. The molecule has 2 aromatic rings. The number of hydrogen-bond acceptors (Lipinski definition) is 3. The summed E-state index contributed by atoms with van der Waals surface area (Å²) in [6, 6.07) is 8.84. The lowest BCUT2D eigenvalue weighted by molar-refractivity contribution is 0.0883. The van der Waals surface area contributed by atoms with Gasteiger partial charge in [-0.1, -0.05) is 17.7 Å². The van der Waals surface area contributed by atoms with Gasteiger partial charge in [0.25, 0.3) is 0 Å². The molecule has 2 amide bonds. The molecule has 2 N–H and O–H groups in total. The zero-order chi connectivity index (χ0) is 18.7. The van der Waals surface area contributed by atoms with E-state index in [4.69, 9.17) is 11.6 Å². The summed E-state index contributed by atoms with van der Waals surface area (Å²) in [5.41, 5.74) is 3.34. The van der Waals surface area contributed by atoms with Crippen LogP contribution in [0.3, 0.4) is 0 Å². The van der Waals surface area contributed by atoms with Crippen molar-refractivity contribution in [2.75, 3.05) is 38.0 Å². The molecule has 1 fully saturated rings. The van der Waals surface area contributed by atoms with Crippen LogP contribution in [0.2, 0.25) is 5.02 Å². The number of urea groups is 1. The Balaban J connectivity index is 1.50. The number of H-pyrrole nitrogens is 1. The minimum atomic E-state index is -0.143. The largest absolute Gasteiger partial charge is 0.362 e. The van der Waals surface area contributed by atoms with Gasteiger partial charge in [-0.15, -0.1) is 0 Å². The number of aromatic amines is 1. The number of nitrogens with zero attached hydrogens (tertiary/aromatic N) is 2. The maximum atomic E-state index is 12.5. The number of halogens is 1. The second-order valence-corrected chi connectivity index (χ2v) is 7.05. The number of benzene rings is 1. The van der Waals surface area contributed by atoms with Gasteiger partial charge in [-0.25, -0.2) is 4.79 Å². The highest BCUT2D eigenvalue weighted by molar-refractivity contribution is 6.30. The summed E-state index contributed by atoms with van der Waals surface area (Å²) in [7, 11) is 0. The summed E-state index contributed by atoms with van der Waals surface area (Å²) in [6.45, 7) is 6.77. The quantitative estimate of drug-likeness (QED) is 0.806. The van der Waals surface area contributed by atoms with Gasteiger partial charge in [-0.05, 0) is 38.1 Å². The summed E-state index contributed by atoms with van der Waals surface area (Å²) in [5, 5.41) is 3.44. The number of carbonyl (C=O) groups is 2. The molecule has 7 heteroatoms. The molecule has 6 nitrogen and oxygen atoms in total. The van der Waals surface area contributed by atoms with E-state index in [1.54, 1.807) is 29.2 Å². The molecule has 0 radical (unpaired) electrons. The van der Waals surface area contributed by atoms with E-state index >= 15 is 0 Å². The van der Waals surface area contributed by atoms with Gasteiger partial charge in [0.05, 0.1) is 6.54 Å². The number of ketones is 1. The highest BCUT2D eigenvalue weighted by atomic mass is 35.5. The van der Waals surface area contributed by atoms with Gasteiger partial charge in [0.2, 0.25) is 0 Å². The van der Waals surface area contributed by atoms with E-state index in [2.05, 4.69) is 15.2 Å². The zero-order valence-electron chi connectivity index (χ0n) is 15.0. The summed E-state index contributed by atoms with van der Waals surface area (Å²) < 4.78 is 0. The maximum absolute atomic E-state index is 12.5. The fourth-order valence-electron chi connectivity index (χ4n) is 3.18. The fraction of sp³-hybridized carbons (Fsp3) is 0.368. The standard InChI is InChI=1S/C19H23ClN4O2/c1-13-10-17(14(2)21-13)18(25)12-23-6-8-24(9-7-23)19(26)22-16-5-3-4-15(20)11-16/h3-5,10-11,21H,6-9,12H2,1-2H3,(H,22,26). The Kier molecular flexibility index (Phi) is 5.64. The second kappa shape index (κ2) is 7.93. The van der Waals surface area contributed by atoms with E-state index in [0.29, 0.717) is 43.4 Å². The van der Waals surface area contributed by atoms with Crippen molar-refractivity contribution in [3.8, 4) is 0 Å². The number of amides is 2.